The van der Waals surface area contributed by atoms with E-state index in [1.54, 1.807) is 0 Å². The van der Waals surface area contributed by atoms with Gasteiger partial charge in [0.15, 0.2) is 0 Å². The Morgan fingerprint density at radius 3 is 1.22 bits per heavy atom. The number of piperidine rings is 1. The number of fused-ring (bicyclic) bond motifs is 2. The van der Waals surface area contributed by atoms with E-state index in [2.05, 4.69) is 187 Å². The van der Waals surface area contributed by atoms with Crippen molar-refractivity contribution in [3.63, 3.8) is 0 Å². The van der Waals surface area contributed by atoms with Gasteiger partial charge in [-0.3, -0.25) is 38.8 Å². The number of likely N-dealkylation sites (N-methyl/N-ethyl adjacent to an activating group) is 4. The summed E-state index contributed by atoms with van der Waals surface area (Å²) in [6, 6.07) is 19.5. The molecule has 2 saturated heterocycles. The number of carbonyl (C=O) groups excluding carboxylic acids is 4. The summed E-state index contributed by atoms with van der Waals surface area (Å²) in [5, 5.41) is 0. The number of para-hydroxylation sites is 1. The maximum atomic E-state index is 12.9. The average Bonchev–Trinajstić information content (AvgIpc) is 3.60. The molecule has 4 heterocycles. The number of likely N-dealkylation sites (tertiary alicyclic amines) is 2. The Bertz CT molecular complexity index is 1910. The third-order valence-corrected chi connectivity index (χ3v) is 14.9. The van der Waals surface area contributed by atoms with E-state index < -0.39 is 0 Å². The summed E-state index contributed by atoms with van der Waals surface area (Å²) in [6.45, 7) is 36.4. The molecule has 4 aliphatic heterocycles. The predicted octanol–water partition coefficient (Wildman–Crippen LogP) is 8.44. The Balaban J connectivity index is 0.000000243. The molecule has 4 unspecified atom stereocenters. The molecule has 0 aromatic heterocycles. The fraction of sp³-hybridized carbons (Fsp3) is 0.714. The molecule has 0 bridgehead atoms. The van der Waals surface area contributed by atoms with Gasteiger partial charge in [-0.05, 0) is 194 Å². The lowest BCUT2D eigenvalue weighted by molar-refractivity contribution is -0.142. The number of amides is 4. The first-order chi connectivity index (χ1) is 31.7. The van der Waals surface area contributed by atoms with Gasteiger partial charge in [-0.25, -0.2) is 0 Å². The highest BCUT2D eigenvalue weighted by Gasteiger charge is 2.39. The van der Waals surface area contributed by atoms with Crippen LogP contribution >= 0.6 is 0 Å². The van der Waals surface area contributed by atoms with Crippen molar-refractivity contribution in [3.8, 4) is 0 Å². The van der Waals surface area contributed by atoms with Gasteiger partial charge >= 0.3 is 0 Å². The first kappa shape index (κ1) is 58.5. The fourth-order valence-corrected chi connectivity index (χ4v) is 9.55. The van der Waals surface area contributed by atoms with Crippen LogP contribution in [0.25, 0.3) is 0 Å². The molecule has 0 N–H and O–H groups in total. The lowest BCUT2D eigenvalue weighted by atomic mass is 9.94. The molecule has 2 aromatic rings. The molecular weight excluding hydrogens is 849 g/mol. The molecule has 0 radical (unpaired) electrons. The van der Waals surface area contributed by atoms with Crippen LogP contribution in [-0.2, 0) is 38.6 Å². The van der Waals surface area contributed by atoms with E-state index in [1.807, 2.05) is 39.8 Å². The highest BCUT2D eigenvalue weighted by molar-refractivity contribution is 6.00. The van der Waals surface area contributed by atoms with Crippen LogP contribution in [0.1, 0.15) is 147 Å². The minimum Gasteiger partial charge on any atom is -0.339 e. The molecule has 4 amide bonds. The summed E-state index contributed by atoms with van der Waals surface area (Å²) in [5.41, 5.74) is 4.94. The second kappa shape index (κ2) is 26.4. The van der Waals surface area contributed by atoms with Crippen molar-refractivity contribution in [2.45, 2.75) is 222 Å². The number of hydrogen-bond donors (Lipinski definition) is 0. The Labute approximate surface area is 414 Å². The van der Waals surface area contributed by atoms with Gasteiger partial charge in [-0.1, -0.05) is 42.5 Å². The standard InChI is InChI=1S/C17H26N2O.C16H24N2O.C12H24N2O.C11H22N2O/c1-12(2)18(5)16-10-14-8-6-7-9-15(14)11-19(13(3)4)17(16)20;1-11(2)17(5)15-10-13-8-6-7-9-14(13)18(12(3)4)16(15)19;1-9(2)13(5)11-7-6-8-14(10(3)4)12(11)15;1-8(2)12(5)10-6-7-13(9(3)4)11(10)14/h6-9,12-13,16H,10-11H2,1-5H3;6-9,11-12,15H,10H2,1-5H3;9-11H,6-8H2,1-5H3;8-10H,6-7H2,1-5H3. The molecule has 12 nitrogen and oxygen atoms in total. The number of anilines is 1. The van der Waals surface area contributed by atoms with Crippen molar-refractivity contribution in [2.75, 3.05) is 46.2 Å². The number of nitrogens with zero attached hydrogens (tertiary/aromatic N) is 8. The Morgan fingerprint density at radius 1 is 0.412 bits per heavy atom. The van der Waals surface area contributed by atoms with Crippen LogP contribution < -0.4 is 4.90 Å². The van der Waals surface area contributed by atoms with Gasteiger partial charge in [0.1, 0.15) is 0 Å². The summed E-state index contributed by atoms with van der Waals surface area (Å²) >= 11 is 0. The summed E-state index contributed by atoms with van der Waals surface area (Å²) in [6.07, 6.45) is 4.74. The van der Waals surface area contributed by atoms with Gasteiger partial charge in [0.25, 0.3) is 0 Å². The zero-order valence-electron chi connectivity index (χ0n) is 46.4. The summed E-state index contributed by atoms with van der Waals surface area (Å²) in [5.74, 6) is 1.10. The van der Waals surface area contributed by atoms with Crippen molar-refractivity contribution >= 4 is 29.3 Å². The molecule has 2 aromatic carbocycles. The molecule has 0 aliphatic carbocycles. The van der Waals surface area contributed by atoms with E-state index in [1.165, 1.54) is 16.7 Å². The quantitative estimate of drug-likeness (QED) is 0.210. The Kier molecular flexibility index (Phi) is 22.7. The minimum atomic E-state index is -0.0546. The van der Waals surface area contributed by atoms with Crippen LogP contribution in [0, 0.1) is 0 Å². The Morgan fingerprint density at radius 2 is 0.779 bits per heavy atom. The molecule has 6 rings (SSSR count). The van der Waals surface area contributed by atoms with Crippen molar-refractivity contribution in [1.82, 2.24) is 34.3 Å². The monoisotopic (exact) mass is 945 g/mol. The van der Waals surface area contributed by atoms with Gasteiger partial charge in [-0.2, -0.15) is 0 Å². The van der Waals surface area contributed by atoms with E-state index in [9.17, 15) is 19.2 Å². The van der Waals surface area contributed by atoms with Crippen molar-refractivity contribution in [2.24, 2.45) is 0 Å². The number of rotatable bonds is 12. The van der Waals surface area contributed by atoms with Gasteiger partial charge in [0, 0.05) is 73.7 Å². The molecule has 0 spiro atoms. The number of carbonyl (C=O) groups is 4. The van der Waals surface area contributed by atoms with Crippen LogP contribution in [0.3, 0.4) is 0 Å². The highest BCUT2D eigenvalue weighted by atomic mass is 16.2. The van der Waals surface area contributed by atoms with E-state index in [4.69, 9.17) is 0 Å². The van der Waals surface area contributed by atoms with Crippen LogP contribution in [0.2, 0.25) is 0 Å². The van der Waals surface area contributed by atoms with Crippen molar-refractivity contribution in [1.29, 1.82) is 0 Å². The SMILES string of the molecule is CC(C)N1C(=O)C(N(C)C(C)C)Cc2ccccc21.CC(C)N1CCC(N(C)C(C)C)C1=O.CC(C)N1CCCC(N(C)C(C)C)C1=O.CC(C)N1Cc2ccccc2CC(N(C)C(C)C)C1=O. The second-order valence-electron chi connectivity index (χ2n) is 21.9. The molecular formula is C56H96N8O4. The fourth-order valence-electron chi connectivity index (χ4n) is 9.55. The predicted molar refractivity (Wildman–Crippen MR) is 283 cm³/mol. The second-order valence-corrected chi connectivity index (χ2v) is 21.9. The smallest absolute Gasteiger partial charge is 0.244 e. The van der Waals surface area contributed by atoms with E-state index in [0.29, 0.717) is 48.1 Å². The van der Waals surface area contributed by atoms with Gasteiger partial charge < -0.3 is 19.6 Å². The molecule has 68 heavy (non-hydrogen) atoms. The number of hydrogen-bond acceptors (Lipinski definition) is 8. The van der Waals surface area contributed by atoms with Crippen LogP contribution in [0.15, 0.2) is 48.5 Å². The van der Waals surface area contributed by atoms with Gasteiger partial charge in [0.2, 0.25) is 23.6 Å². The maximum absolute atomic E-state index is 12.9. The molecule has 0 saturated carbocycles. The summed E-state index contributed by atoms with van der Waals surface area (Å²) < 4.78 is 0. The minimum absolute atomic E-state index is 0.0442. The van der Waals surface area contributed by atoms with Gasteiger partial charge in [-0.15, -0.1) is 0 Å². The lowest BCUT2D eigenvalue weighted by Crippen LogP contribution is -2.55. The van der Waals surface area contributed by atoms with E-state index >= 15 is 0 Å². The van der Waals surface area contributed by atoms with Crippen LogP contribution in [0.5, 0.6) is 0 Å². The summed E-state index contributed by atoms with van der Waals surface area (Å²) in [4.78, 5) is 66.5. The largest absolute Gasteiger partial charge is 0.339 e. The topological polar surface area (TPSA) is 94.2 Å². The normalized spacial score (nSPS) is 21.2. The van der Waals surface area contributed by atoms with Crippen molar-refractivity contribution in [3.05, 3.63) is 65.2 Å². The zero-order chi connectivity index (χ0) is 51.5. The van der Waals surface area contributed by atoms with Crippen LogP contribution in [-0.4, -0.2) is 172 Å². The number of benzene rings is 2. The van der Waals surface area contributed by atoms with Gasteiger partial charge in [0.05, 0.1) is 24.2 Å². The first-order valence-electron chi connectivity index (χ1n) is 26.0. The van der Waals surface area contributed by atoms with Crippen molar-refractivity contribution < 1.29 is 19.2 Å². The molecule has 2 fully saturated rings. The molecule has 384 valence electrons. The lowest BCUT2D eigenvalue weighted by Gasteiger charge is -2.41. The maximum Gasteiger partial charge on any atom is 0.244 e. The van der Waals surface area contributed by atoms with E-state index in [0.717, 1.165) is 57.4 Å². The molecule has 4 aliphatic rings. The zero-order valence-corrected chi connectivity index (χ0v) is 46.4. The first-order valence-corrected chi connectivity index (χ1v) is 26.0. The van der Waals surface area contributed by atoms with Crippen LogP contribution in [0.4, 0.5) is 5.69 Å². The van der Waals surface area contributed by atoms with E-state index in [-0.39, 0.29) is 48.1 Å². The molecule has 12 heteroatoms. The third kappa shape index (κ3) is 14.8. The highest BCUT2D eigenvalue weighted by Crippen LogP contribution is 2.32. The third-order valence-electron chi connectivity index (χ3n) is 14.9. The molecule has 4 atom stereocenters. The Hall–Kier alpha value is -3.84. The summed E-state index contributed by atoms with van der Waals surface area (Å²) in [7, 11) is 8.19. The average molecular weight is 945 g/mol.